The van der Waals surface area contributed by atoms with Gasteiger partial charge >= 0.3 is 92.9 Å². The molecule has 0 aromatic carbocycles. The van der Waals surface area contributed by atoms with Gasteiger partial charge in [-0.3, -0.25) is 9.59 Å². The van der Waals surface area contributed by atoms with Gasteiger partial charge in [0.15, 0.2) is 5.41 Å². The van der Waals surface area contributed by atoms with E-state index in [1.54, 1.807) is 20.8 Å². The van der Waals surface area contributed by atoms with Crippen molar-refractivity contribution in [3.63, 3.8) is 0 Å². The molecule has 0 heterocycles. The quantitative estimate of drug-likeness (QED) is 0.431. The minimum absolute atomic E-state index is 0. The molecular weight excluding hydrogens is 282 g/mol. The minimum atomic E-state index is -1.66. The summed E-state index contributed by atoms with van der Waals surface area (Å²) in [6.45, 7) is 5.14. The van der Waals surface area contributed by atoms with E-state index in [-0.39, 0.29) is 89.7 Å². The van der Waals surface area contributed by atoms with Gasteiger partial charge in [0.1, 0.15) is 0 Å². The van der Waals surface area contributed by atoms with Crippen molar-refractivity contribution in [2.75, 3.05) is 0 Å². The number of carboxylic acid groups (broad SMARTS) is 2. The van der Waals surface area contributed by atoms with Gasteiger partial charge in [0.05, 0.1) is 0 Å². The topological polar surface area (TPSA) is 74.6 Å². The van der Waals surface area contributed by atoms with E-state index in [0.29, 0.717) is 12.8 Å². The standard InChI is InChI=1S/C13H22O4.K.Na.2H/c1-12(2,3)13(10(14)15,11(16)17)9-7-5-4-6-8-9;;;;/h9H,4-8H2,1-3H3,(H,14,15)(H,16,17);;;;/q;2*+1;2*-1. The van der Waals surface area contributed by atoms with Gasteiger partial charge in [-0.1, -0.05) is 40.0 Å². The second-order valence-electron chi connectivity index (χ2n) is 6.00. The van der Waals surface area contributed by atoms with Crippen LogP contribution in [0, 0.1) is 16.7 Å². The Bertz CT molecular complexity index is 315. The number of rotatable bonds is 3. The maximum atomic E-state index is 11.6. The Labute approximate surface area is 182 Å². The van der Waals surface area contributed by atoms with Crippen molar-refractivity contribution in [1.82, 2.24) is 0 Å². The summed E-state index contributed by atoms with van der Waals surface area (Å²) in [5.74, 6) is -2.64. The van der Waals surface area contributed by atoms with Crippen LogP contribution >= 0.6 is 0 Å². The number of hydrogen-bond acceptors (Lipinski definition) is 2. The molecule has 0 saturated heterocycles. The van der Waals surface area contributed by atoms with E-state index in [4.69, 9.17) is 0 Å². The third kappa shape index (κ3) is 4.52. The first-order valence-electron chi connectivity index (χ1n) is 6.21. The largest absolute Gasteiger partial charge is 1.00 e. The predicted molar refractivity (Wildman–Crippen MR) is 66.0 cm³/mol. The molecule has 1 fully saturated rings. The summed E-state index contributed by atoms with van der Waals surface area (Å²) in [5.41, 5.74) is -2.44. The van der Waals surface area contributed by atoms with Crippen molar-refractivity contribution in [2.24, 2.45) is 16.7 Å². The van der Waals surface area contributed by atoms with E-state index >= 15 is 0 Å². The molecule has 0 amide bonds. The zero-order valence-electron chi connectivity index (χ0n) is 14.8. The number of hydrogen-bond donors (Lipinski definition) is 2. The maximum Gasteiger partial charge on any atom is 1.00 e. The monoisotopic (exact) mass is 306 g/mol. The second-order valence-corrected chi connectivity index (χ2v) is 6.00. The van der Waals surface area contributed by atoms with Crippen LogP contribution in [0.2, 0.25) is 0 Å². The SMILES string of the molecule is CC(C)(C)C(C(=O)O)(C(=O)O)C1CCCCC1.[H-].[H-].[K+].[Na+]. The van der Waals surface area contributed by atoms with Crippen LogP contribution in [-0.4, -0.2) is 22.2 Å². The average molecular weight is 306 g/mol. The Balaban J connectivity index is -0.000000361. The molecule has 6 heteroatoms. The summed E-state index contributed by atoms with van der Waals surface area (Å²) in [6.07, 6.45) is 4.35. The van der Waals surface area contributed by atoms with Crippen molar-refractivity contribution >= 4 is 11.9 Å². The van der Waals surface area contributed by atoms with Crippen molar-refractivity contribution in [3.8, 4) is 0 Å². The van der Waals surface area contributed by atoms with E-state index in [1.165, 1.54) is 0 Å². The number of carboxylic acids is 2. The molecule has 1 rings (SSSR count). The van der Waals surface area contributed by atoms with E-state index in [1.807, 2.05) is 0 Å². The van der Waals surface area contributed by atoms with Crippen molar-refractivity contribution in [2.45, 2.75) is 52.9 Å². The van der Waals surface area contributed by atoms with Gasteiger partial charge in [0.25, 0.3) is 0 Å². The first kappa shape index (κ1) is 22.9. The molecule has 102 valence electrons. The molecule has 0 aromatic heterocycles. The fourth-order valence-corrected chi connectivity index (χ4v) is 3.23. The smallest absolute Gasteiger partial charge is 1.00 e. The Morgan fingerprint density at radius 1 is 1.00 bits per heavy atom. The molecule has 4 nitrogen and oxygen atoms in total. The van der Waals surface area contributed by atoms with E-state index in [9.17, 15) is 19.8 Å². The molecule has 19 heavy (non-hydrogen) atoms. The van der Waals surface area contributed by atoms with Crippen LogP contribution in [0.25, 0.3) is 0 Å². The molecule has 0 aromatic rings. The first-order valence-corrected chi connectivity index (χ1v) is 6.21. The molecule has 0 unspecified atom stereocenters. The molecule has 1 aliphatic carbocycles. The first-order chi connectivity index (χ1) is 7.74. The van der Waals surface area contributed by atoms with Gasteiger partial charge in [-0.05, 0) is 24.2 Å². The average Bonchev–Trinajstić information content (AvgIpc) is 2.16. The molecule has 0 spiro atoms. The van der Waals surface area contributed by atoms with Gasteiger partial charge < -0.3 is 13.1 Å². The Kier molecular flexibility index (Phi) is 10.7. The minimum Gasteiger partial charge on any atom is -1.00 e. The molecule has 1 saturated carbocycles. The van der Waals surface area contributed by atoms with Gasteiger partial charge in [0, 0.05) is 0 Å². The van der Waals surface area contributed by atoms with Gasteiger partial charge in [-0.15, -0.1) is 0 Å². The maximum absolute atomic E-state index is 11.6. The van der Waals surface area contributed by atoms with Crippen molar-refractivity contribution in [1.29, 1.82) is 0 Å². The molecule has 2 N–H and O–H groups in total. The van der Waals surface area contributed by atoms with Crippen LogP contribution in [0.4, 0.5) is 0 Å². The van der Waals surface area contributed by atoms with Crippen LogP contribution in [0.1, 0.15) is 55.7 Å². The summed E-state index contributed by atoms with van der Waals surface area (Å²) in [7, 11) is 0. The van der Waals surface area contributed by atoms with Crippen molar-refractivity contribution in [3.05, 3.63) is 0 Å². The van der Waals surface area contributed by atoms with Crippen LogP contribution in [-0.2, 0) is 9.59 Å². The molecule has 0 atom stereocenters. The Morgan fingerprint density at radius 3 is 1.63 bits per heavy atom. The van der Waals surface area contributed by atoms with Crippen LogP contribution < -0.4 is 80.9 Å². The van der Waals surface area contributed by atoms with Crippen LogP contribution in [0.3, 0.4) is 0 Å². The van der Waals surface area contributed by atoms with E-state index in [0.717, 1.165) is 19.3 Å². The molecular formula is C13H24KNaO4. The Hall–Kier alpha value is 1.58. The molecule has 0 radical (unpaired) electrons. The van der Waals surface area contributed by atoms with E-state index in [2.05, 4.69) is 0 Å². The van der Waals surface area contributed by atoms with Gasteiger partial charge in [0.2, 0.25) is 0 Å². The third-order valence-corrected chi connectivity index (χ3v) is 4.08. The molecule has 1 aliphatic rings. The number of carbonyl (C=O) groups is 2. The normalized spacial score (nSPS) is 17.0. The fraction of sp³-hybridized carbons (Fsp3) is 0.846. The van der Waals surface area contributed by atoms with Gasteiger partial charge in [-0.25, -0.2) is 0 Å². The third-order valence-electron chi connectivity index (χ3n) is 4.08. The van der Waals surface area contributed by atoms with Crippen molar-refractivity contribution < 1.29 is 104 Å². The summed E-state index contributed by atoms with van der Waals surface area (Å²) in [4.78, 5) is 23.3. The molecule has 0 bridgehead atoms. The summed E-state index contributed by atoms with van der Waals surface area (Å²) in [6, 6.07) is 0. The molecule has 0 aliphatic heterocycles. The zero-order chi connectivity index (χ0) is 13.3. The fourth-order valence-electron chi connectivity index (χ4n) is 3.23. The van der Waals surface area contributed by atoms with Crippen LogP contribution in [0.15, 0.2) is 0 Å². The van der Waals surface area contributed by atoms with Gasteiger partial charge in [-0.2, -0.15) is 0 Å². The second kappa shape index (κ2) is 8.88. The Morgan fingerprint density at radius 2 is 1.37 bits per heavy atom. The summed E-state index contributed by atoms with van der Waals surface area (Å²) in [5, 5.41) is 19.0. The van der Waals surface area contributed by atoms with E-state index < -0.39 is 22.8 Å². The summed E-state index contributed by atoms with van der Waals surface area (Å²) >= 11 is 0. The number of aliphatic carboxylic acids is 2. The summed E-state index contributed by atoms with van der Waals surface area (Å²) < 4.78 is 0. The zero-order valence-corrected chi connectivity index (χ0v) is 17.9. The van der Waals surface area contributed by atoms with Crippen LogP contribution in [0.5, 0.6) is 0 Å². The predicted octanol–water partition coefficient (Wildman–Crippen LogP) is -3.00.